The summed E-state index contributed by atoms with van der Waals surface area (Å²) in [6, 6.07) is 6.76. The highest BCUT2D eigenvalue weighted by Crippen LogP contribution is 2.54. The van der Waals surface area contributed by atoms with Crippen molar-refractivity contribution in [3.8, 4) is 5.75 Å². The Morgan fingerprint density at radius 2 is 1.86 bits per heavy atom. The molecule has 116 valence electrons. The Bertz CT molecular complexity index is 479. The molecule has 0 heterocycles. The van der Waals surface area contributed by atoms with Crippen molar-refractivity contribution in [2.45, 2.75) is 57.6 Å². The fourth-order valence-electron chi connectivity index (χ4n) is 4.06. The molecular weight excluding hydrogens is 394 g/mol. The first-order valence-electron chi connectivity index (χ1n) is 8.01. The number of benzene rings is 1. The first-order chi connectivity index (χ1) is 10.2. The second kappa shape index (κ2) is 6.59. The molecule has 0 radical (unpaired) electrons. The summed E-state index contributed by atoms with van der Waals surface area (Å²) >= 11 is 7.23. The summed E-state index contributed by atoms with van der Waals surface area (Å²) in [6.07, 6.45) is 8.15. The third-order valence-electron chi connectivity index (χ3n) is 5.20. The van der Waals surface area contributed by atoms with Gasteiger partial charge in [-0.3, -0.25) is 0 Å². The maximum absolute atomic E-state index is 6.45. The Kier molecular flexibility index (Phi) is 4.97. The number of para-hydroxylation sites is 1. The minimum Gasteiger partial charge on any atom is -0.487 e. The van der Waals surface area contributed by atoms with Crippen LogP contribution in [-0.4, -0.2) is 18.7 Å². The largest absolute Gasteiger partial charge is 0.487 e. The van der Waals surface area contributed by atoms with E-state index in [-0.39, 0.29) is 0 Å². The smallest absolute Gasteiger partial charge is 0.148 e. The van der Waals surface area contributed by atoms with Crippen LogP contribution in [0.2, 0.25) is 0 Å². The van der Waals surface area contributed by atoms with Crippen LogP contribution in [0.5, 0.6) is 5.75 Å². The molecule has 1 aromatic rings. The summed E-state index contributed by atoms with van der Waals surface area (Å²) in [6.45, 7) is 3.26. The van der Waals surface area contributed by atoms with Crippen molar-refractivity contribution in [3.63, 3.8) is 0 Å². The standard InChI is InChI=1S/C17H23Br2NO/c1-2-20-14-11-15(17(14)9-4-3-5-10-17)21-16-12(18)7-6-8-13(16)19/h6-8,14-15,20H,2-5,9-11H2,1H3. The Hall–Kier alpha value is -0.0600. The fraction of sp³-hybridized carbons (Fsp3) is 0.647. The van der Waals surface area contributed by atoms with Crippen LogP contribution in [-0.2, 0) is 0 Å². The van der Waals surface area contributed by atoms with Crippen molar-refractivity contribution in [2.24, 2.45) is 5.41 Å². The summed E-state index contributed by atoms with van der Waals surface area (Å²) < 4.78 is 8.52. The molecule has 1 N–H and O–H groups in total. The van der Waals surface area contributed by atoms with E-state index in [9.17, 15) is 0 Å². The van der Waals surface area contributed by atoms with Gasteiger partial charge >= 0.3 is 0 Å². The summed E-state index contributed by atoms with van der Waals surface area (Å²) in [7, 11) is 0. The minimum atomic E-state index is 0.344. The molecule has 0 aromatic heterocycles. The molecule has 0 saturated heterocycles. The normalized spacial score (nSPS) is 27.4. The molecule has 0 aliphatic heterocycles. The lowest BCUT2D eigenvalue weighted by Gasteiger charge is -2.57. The molecule has 2 aliphatic rings. The number of hydrogen-bond donors (Lipinski definition) is 1. The highest BCUT2D eigenvalue weighted by molar-refractivity contribution is 9.11. The topological polar surface area (TPSA) is 21.3 Å². The van der Waals surface area contributed by atoms with Gasteiger partial charge in [0.15, 0.2) is 0 Å². The highest BCUT2D eigenvalue weighted by Gasteiger charge is 2.56. The molecule has 2 fully saturated rings. The average molecular weight is 417 g/mol. The Morgan fingerprint density at radius 3 is 2.48 bits per heavy atom. The number of halogens is 2. The molecule has 1 spiro atoms. The van der Waals surface area contributed by atoms with Crippen LogP contribution in [0.1, 0.15) is 45.4 Å². The summed E-state index contributed by atoms with van der Waals surface area (Å²) in [4.78, 5) is 0. The van der Waals surface area contributed by atoms with E-state index in [0.717, 1.165) is 27.7 Å². The van der Waals surface area contributed by atoms with Gasteiger partial charge in [-0.2, -0.15) is 0 Å². The van der Waals surface area contributed by atoms with Gasteiger partial charge in [-0.05, 0) is 63.4 Å². The van der Waals surface area contributed by atoms with E-state index in [1.165, 1.54) is 32.1 Å². The second-order valence-corrected chi connectivity index (χ2v) is 8.01. The van der Waals surface area contributed by atoms with Gasteiger partial charge in [0.05, 0.1) is 8.95 Å². The average Bonchev–Trinajstić information content (AvgIpc) is 2.50. The van der Waals surface area contributed by atoms with E-state index in [4.69, 9.17) is 4.74 Å². The predicted molar refractivity (Wildman–Crippen MR) is 93.9 cm³/mol. The van der Waals surface area contributed by atoms with Gasteiger partial charge < -0.3 is 10.1 Å². The summed E-state index contributed by atoms with van der Waals surface area (Å²) in [5.41, 5.74) is 0.350. The summed E-state index contributed by atoms with van der Waals surface area (Å²) in [5, 5.41) is 3.68. The summed E-state index contributed by atoms with van der Waals surface area (Å²) in [5.74, 6) is 0.961. The molecule has 2 aliphatic carbocycles. The van der Waals surface area contributed by atoms with Crippen LogP contribution in [0, 0.1) is 5.41 Å². The maximum atomic E-state index is 6.45. The zero-order valence-corrected chi connectivity index (χ0v) is 15.7. The predicted octanol–water partition coefficient (Wildman–Crippen LogP) is 5.29. The van der Waals surface area contributed by atoms with Gasteiger partial charge in [0.2, 0.25) is 0 Å². The monoisotopic (exact) mass is 415 g/mol. The first kappa shape index (κ1) is 15.8. The van der Waals surface area contributed by atoms with E-state index < -0.39 is 0 Å². The van der Waals surface area contributed by atoms with Crippen molar-refractivity contribution >= 4 is 31.9 Å². The van der Waals surface area contributed by atoms with Gasteiger partial charge in [-0.1, -0.05) is 32.3 Å². The van der Waals surface area contributed by atoms with Crippen molar-refractivity contribution in [1.82, 2.24) is 5.32 Å². The molecule has 2 atom stereocenters. The molecule has 3 rings (SSSR count). The van der Waals surface area contributed by atoms with E-state index >= 15 is 0 Å². The van der Waals surface area contributed by atoms with Gasteiger partial charge in [0.1, 0.15) is 11.9 Å². The molecule has 1 aromatic carbocycles. The van der Waals surface area contributed by atoms with E-state index in [2.05, 4.69) is 44.1 Å². The van der Waals surface area contributed by atoms with E-state index in [1.807, 2.05) is 18.2 Å². The van der Waals surface area contributed by atoms with E-state index in [0.29, 0.717) is 17.6 Å². The lowest BCUT2D eigenvalue weighted by atomic mass is 9.55. The molecule has 0 bridgehead atoms. The first-order valence-corrected chi connectivity index (χ1v) is 9.60. The van der Waals surface area contributed by atoms with Gasteiger partial charge in [0, 0.05) is 17.9 Å². The van der Waals surface area contributed by atoms with Crippen LogP contribution in [0.15, 0.2) is 27.1 Å². The van der Waals surface area contributed by atoms with Crippen molar-refractivity contribution in [1.29, 1.82) is 0 Å². The quantitative estimate of drug-likeness (QED) is 0.719. The molecule has 2 nitrogen and oxygen atoms in total. The van der Waals surface area contributed by atoms with Crippen LogP contribution in [0.3, 0.4) is 0 Å². The number of hydrogen-bond acceptors (Lipinski definition) is 2. The minimum absolute atomic E-state index is 0.344. The fourth-order valence-corrected chi connectivity index (χ4v) is 5.25. The van der Waals surface area contributed by atoms with Gasteiger partial charge in [-0.15, -0.1) is 0 Å². The molecule has 2 saturated carbocycles. The number of rotatable bonds is 4. The zero-order chi connectivity index (χ0) is 14.9. The van der Waals surface area contributed by atoms with Gasteiger partial charge in [-0.25, -0.2) is 0 Å². The number of ether oxygens (including phenoxy) is 1. The zero-order valence-electron chi connectivity index (χ0n) is 12.5. The molecule has 21 heavy (non-hydrogen) atoms. The Morgan fingerprint density at radius 1 is 1.19 bits per heavy atom. The van der Waals surface area contributed by atoms with Gasteiger partial charge in [0.25, 0.3) is 0 Å². The molecular formula is C17H23Br2NO. The SMILES string of the molecule is CCNC1CC(Oc2c(Br)cccc2Br)C12CCCCC2. The highest BCUT2D eigenvalue weighted by atomic mass is 79.9. The third-order valence-corrected chi connectivity index (χ3v) is 6.45. The Labute approximate surface area is 144 Å². The maximum Gasteiger partial charge on any atom is 0.148 e. The van der Waals surface area contributed by atoms with Crippen LogP contribution in [0.4, 0.5) is 0 Å². The van der Waals surface area contributed by atoms with Crippen molar-refractivity contribution < 1.29 is 4.74 Å². The molecule has 0 amide bonds. The third kappa shape index (κ3) is 2.91. The lowest BCUT2D eigenvalue weighted by molar-refractivity contribution is -0.103. The Balaban J connectivity index is 1.79. The second-order valence-electron chi connectivity index (χ2n) is 6.30. The van der Waals surface area contributed by atoms with Crippen molar-refractivity contribution in [3.05, 3.63) is 27.1 Å². The van der Waals surface area contributed by atoms with E-state index in [1.54, 1.807) is 0 Å². The lowest BCUT2D eigenvalue weighted by Crippen LogP contribution is -2.65. The molecule has 2 unspecified atom stereocenters. The van der Waals surface area contributed by atoms with Crippen LogP contribution < -0.4 is 10.1 Å². The van der Waals surface area contributed by atoms with Crippen LogP contribution >= 0.6 is 31.9 Å². The van der Waals surface area contributed by atoms with Crippen LogP contribution in [0.25, 0.3) is 0 Å². The number of nitrogens with one attached hydrogen (secondary N) is 1. The molecule has 4 heteroatoms. The van der Waals surface area contributed by atoms with Crippen molar-refractivity contribution in [2.75, 3.05) is 6.54 Å².